The Balaban J connectivity index is 1.68. The van der Waals surface area contributed by atoms with Gasteiger partial charge in [0.15, 0.2) is 11.5 Å². The summed E-state index contributed by atoms with van der Waals surface area (Å²) in [5.74, 6) is -0.478. The third-order valence-electron chi connectivity index (χ3n) is 4.44. The van der Waals surface area contributed by atoms with Gasteiger partial charge in [0.05, 0.1) is 5.69 Å². The SMILES string of the molecule is CN(C)c1ccc(/C=C2\C(=O)NC(=O)N(c3ccc4c(c3)OCO4)C2=O)cc1. The molecule has 142 valence electrons. The first kappa shape index (κ1) is 17.6. The summed E-state index contributed by atoms with van der Waals surface area (Å²) in [6.07, 6.45) is 1.46. The highest BCUT2D eigenvalue weighted by atomic mass is 16.7. The van der Waals surface area contributed by atoms with E-state index in [1.54, 1.807) is 24.3 Å². The van der Waals surface area contributed by atoms with Crippen LogP contribution in [-0.2, 0) is 9.59 Å². The van der Waals surface area contributed by atoms with Crippen molar-refractivity contribution in [2.24, 2.45) is 0 Å². The van der Waals surface area contributed by atoms with Gasteiger partial charge in [0.1, 0.15) is 5.57 Å². The van der Waals surface area contributed by atoms with Crippen molar-refractivity contribution in [1.82, 2.24) is 5.32 Å². The fourth-order valence-electron chi connectivity index (χ4n) is 2.95. The molecular formula is C20H17N3O5. The summed E-state index contributed by atoms with van der Waals surface area (Å²) in [7, 11) is 3.83. The van der Waals surface area contributed by atoms with Crippen LogP contribution in [0.4, 0.5) is 16.2 Å². The van der Waals surface area contributed by atoms with Crippen LogP contribution < -0.4 is 24.6 Å². The van der Waals surface area contributed by atoms with Crippen LogP contribution in [0, 0.1) is 0 Å². The number of fused-ring (bicyclic) bond motifs is 1. The third-order valence-corrected chi connectivity index (χ3v) is 4.44. The molecule has 2 heterocycles. The van der Waals surface area contributed by atoms with E-state index in [0.29, 0.717) is 17.1 Å². The number of rotatable bonds is 3. The van der Waals surface area contributed by atoms with E-state index in [1.165, 1.54) is 12.1 Å². The van der Waals surface area contributed by atoms with Crippen molar-refractivity contribution in [1.29, 1.82) is 0 Å². The van der Waals surface area contributed by atoms with E-state index in [4.69, 9.17) is 9.47 Å². The van der Waals surface area contributed by atoms with Crippen LogP contribution >= 0.6 is 0 Å². The maximum absolute atomic E-state index is 12.9. The number of urea groups is 1. The zero-order chi connectivity index (χ0) is 19.8. The van der Waals surface area contributed by atoms with Crippen LogP contribution in [-0.4, -0.2) is 38.7 Å². The molecule has 4 rings (SSSR count). The molecule has 2 aliphatic rings. The van der Waals surface area contributed by atoms with Crippen molar-refractivity contribution >= 4 is 35.3 Å². The average molecular weight is 379 g/mol. The second-order valence-corrected chi connectivity index (χ2v) is 6.48. The zero-order valence-corrected chi connectivity index (χ0v) is 15.3. The Morgan fingerprint density at radius 2 is 1.71 bits per heavy atom. The number of amides is 4. The van der Waals surface area contributed by atoms with Crippen LogP contribution in [0.5, 0.6) is 11.5 Å². The van der Waals surface area contributed by atoms with Gasteiger partial charge in [-0.1, -0.05) is 12.1 Å². The Bertz CT molecular complexity index is 1010. The molecular weight excluding hydrogens is 362 g/mol. The maximum atomic E-state index is 12.9. The van der Waals surface area contributed by atoms with E-state index >= 15 is 0 Å². The first-order valence-electron chi connectivity index (χ1n) is 8.52. The van der Waals surface area contributed by atoms with E-state index in [-0.39, 0.29) is 18.1 Å². The van der Waals surface area contributed by atoms with Gasteiger partial charge in [-0.2, -0.15) is 0 Å². The molecule has 0 saturated carbocycles. The van der Waals surface area contributed by atoms with Gasteiger partial charge in [-0.3, -0.25) is 14.9 Å². The number of nitrogens with one attached hydrogen (secondary N) is 1. The van der Waals surface area contributed by atoms with Crippen molar-refractivity contribution in [3.63, 3.8) is 0 Å². The lowest BCUT2D eigenvalue weighted by Gasteiger charge is -2.26. The predicted molar refractivity (Wildman–Crippen MR) is 102 cm³/mol. The molecule has 8 nitrogen and oxygen atoms in total. The lowest BCUT2D eigenvalue weighted by Crippen LogP contribution is -2.54. The number of carbonyl (C=O) groups is 3. The molecule has 1 saturated heterocycles. The standard InChI is InChI=1S/C20H17N3O5/c1-22(2)13-5-3-12(4-6-13)9-15-18(24)21-20(26)23(19(15)25)14-7-8-16-17(10-14)28-11-27-16/h3-10H,11H2,1-2H3,(H,21,24,26)/b15-9+. The van der Waals surface area contributed by atoms with Crippen LogP contribution in [0.15, 0.2) is 48.0 Å². The Kier molecular flexibility index (Phi) is 4.23. The highest BCUT2D eigenvalue weighted by Crippen LogP contribution is 2.36. The van der Waals surface area contributed by atoms with Gasteiger partial charge in [-0.25, -0.2) is 9.69 Å². The number of anilines is 2. The molecule has 2 aliphatic heterocycles. The van der Waals surface area contributed by atoms with Crippen LogP contribution in [0.1, 0.15) is 5.56 Å². The summed E-state index contributed by atoms with van der Waals surface area (Å²) in [6, 6.07) is 11.2. The number of barbiturate groups is 1. The van der Waals surface area contributed by atoms with E-state index in [2.05, 4.69) is 5.32 Å². The molecule has 2 aromatic carbocycles. The van der Waals surface area contributed by atoms with Crippen molar-refractivity contribution in [3.05, 3.63) is 53.6 Å². The summed E-state index contributed by atoms with van der Waals surface area (Å²) in [6.45, 7) is 0.0749. The van der Waals surface area contributed by atoms with Gasteiger partial charge in [0, 0.05) is 25.8 Å². The fraction of sp³-hybridized carbons (Fsp3) is 0.150. The second kappa shape index (κ2) is 6.73. The smallest absolute Gasteiger partial charge is 0.335 e. The first-order valence-corrected chi connectivity index (χ1v) is 8.52. The number of nitrogens with zero attached hydrogens (tertiary/aromatic N) is 2. The second-order valence-electron chi connectivity index (χ2n) is 6.48. The number of imide groups is 2. The minimum atomic E-state index is -0.811. The summed E-state index contributed by atoms with van der Waals surface area (Å²) in [4.78, 5) is 40.3. The van der Waals surface area contributed by atoms with Crippen molar-refractivity contribution in [3.8, 4) is 11.5 Å². The molecule has 0 bridgehead atoms. The van der Waals surface area contributed by atoms with E-state index in [1.807, 2.05) is 31.1 Å². The van der Waals surface area contributed by atoms with E-state index < -0.39 is 17.8 Å². The molecule has 8 heteroatoms. The van der Waals surface area contributed by atoms with Crippen LogP contribution in [0.2, 0.25) is 0 Å². The molecule has 4 amide bonds. The zero-order valence-electron chi connectivity index (χ0n) is 15.3. The van der Waals surface area contributed by atoms with Gasteiger partial charge in [0.25, 0.3) is 11.8 Å². The Hall–Kier alpha value is -3.81. The molecule has 0 radical (unpaired) electrons. The molecule has 1 N–H and O–H groups in total. The molecule has 0 atom stereocenters. The van der Waals surface area contributed by atoms with Crippen molar-refractivity contribution in [2.75, 3.05) is 30.7 Å². The third kappa shape index (κ3) is 3.05. The van der Waals surface area contributed by atoms with Gasteiger partial charge < -0.3 is 14.4 Å². The lowest BCUT2D eigenvalue weighted by molar-refractivity contribution is -0.122. The van der Waals surface area contributed by atoms with Gasteiger partial charge in [-0.05, 0) is 35.9 Å². The number of carbonyl (C=O) groups excluding carboxylic acids is 3. The Morgan fingerprint density at radius 1 is 1.00 bits per heavy atom. The lowest BCUT2D eigenvalue weighted by atomic mass is 10.1. The predicted octanol–water partition coefficient (Wildman–Crippen LogP) is 2.15. The average Bonchev–Trinajstić information content (AvgIpc) is 3.13. The first-order chi connectivity index (χ1) is 13.4. The largest absolute Gasteiger partial charge is 0.454 e. The summed E-state index contributed by atoms with van der Waals surface area (Å²) >= 11 is 0. The van der Waals surface area contributed by atoms with E-state index in [0.717, 1.165) is 10.6 Å². The highest BCUT2D eigenvalue weighted by molar-refractivity contribution is 6.39. The molecule has 0 unspecified atom stereocenters. The van der Waals surface area contributed by atoms with Crippen LogP contribution in [0.3, 0.4) is 0 Å². The minimum absolute atomic E-state index is 0.0749. The van der Waals surface area contributed by atoms with E-state index in [9.17, 15) is 14.4 Å². The Morgan fingerprint density at radius 3 is 2.43 bits per heavy atom. The molecule has 0 spiro atoms. The van der Waals surface area contributed by atoms with Crippen molar-refractivity contribution in [2.45, 2.75) is 0 Å². The number of benzene rings is 2. The molecule has 1 fully saturated rings. The van der Waals surface area contributed by atoms with Gasteiger partial charge >= 0.3 is 6.03 Å². The van der Waals surface area contributed by atoms with Crippen LogP contribution in [0.25, 0.3) is 6.08 Å². The molecule has 0 aromatic heterocycles. The summed E-state index contributed by atoms with van der Waals surface area (Å²) in [5.41, 5.74) is 1.81. The van der Waals surface area contributed by atoms with Gasteiger partial charge in [0.2, 0.25) is 6.79 Å². The maximum Gasteiger partial charge on any atom is 0.335 e. The number of ether oxygens (including phenoxy) is 2. The monoisotopic (exact) mass is 379 g/mol. The van der Waals surface area contributed by atoms with Crippen molar-refractivity contribution < 1.29 is 23.9 Å². The minimum Gasteiger partial charge on any atom is -0.454 e. The quantitative estimate of drug-likeness (QED) is 0.649. The summed E-state index contributed by atoms with van der Waals surface area (Å²) < 4.78 is 10.5. The number of hydrogen-bond donors (Lipinski definition) is 1. The Labute approximate surface area is 160 Å². The highest BCUT2D eigenvalue weighted by Gasteiger charge is 2.37. The topological polar surface area (TPSA) is 88.2 Å². The molecule has 2 aromatic rings. The molecule has 28 heavy (non-hydrogen) atoms. The van der Waals surface area contributed by atoms with Gasteiger partial charge in [-0.15, -0.1) is 0 Å². The fourth-order valence-corrected chi connectivity index (χ4v) is 2.95. The number of hydrogen-bond acceptors (Lipinski definition) is 6. The molecule has 0 aliphatic carbocycles. The normalized spacial score (nSPS) is 17.1. The summed E-state index contributed by atoms with van der Waals surface area (Å²) in [5, 5.41) is 2.20.